The number of alkyl halides is 1. The van der Waals surface area contributed by atoms with Crippen LogP contribution in [0, 0.1) is 0 Å². The van der Waals surface area contributed by atoms with Crippen LogP contribution in [0.1, 0.15) is 5.56 Å². The number of carbonyl (C=O) groups is 1. The fourth-order valence-electron chi connectivity index (χ4n) is 0.925. The summed E-state index contributed by atoms with van der Waals surface area (Å²) in [5, 5.41) is 1.48. The normalized spacial score (nSPS) is 10.1. The van der Waals surface area contributed by atoms with Crippen LogP contribution in [0.3, 0.4) is 0 Å². The van der Waals surface area contributed by atoms with Crippen LogP contribution in [0.5, 0.6) is 0 Å². The molecule has 0 aliphatic carbocycles. The first-order valence-electron chi connectivity index (χ1n) is 3.65. The lowest BCUT2D eigenvalue weighted by molar-refractivity contribution is -0.115. The highest BCUT2D eigenvalue weighted by Crippen LogP contribution is 2.21. The minimum absolute atomic E-state index is 0.101. The molecule has 0 bridgehead atoms. The molecule has 0 saturated heterocycles. The molecule has 1 aromatic rings. The molecule has 0 atom stereocenters. The quantitative estimate of drug-likeness (QED) is 0.775. The van der Waals surface area contributed by atoms with Crippen LogP contribution < -0.4 is 0 Å². The highest BCUT2D eigenvalue weighted by atomic mass is 79.9. The minimum Gasteiger partial charge on any atom is -0.298 e. The van der Waals surface area contributed by atoms with Crippen molar-refractivity contribution < 1.29 is 4.79 Å². The van der Waals surface area contributed by atoms with E-state index in [1.165, 1.54) is 0 Å². The van der Waals surface area contributed by atoms with Gasteiger partial charge < -0.3 is 0 Å². The molecule has 0 amide bonds. The molecule has 0 aliphatic rings. The van der Waals surface area contributed by atoms with Crippen molar-refractivity contribution in [2.45, 2.75) is 6.42 Å². The Morgan fingerprint density at radius 2 is 2.08 bits per heavy atom. The predicted octanol–water partition coefficient (Wildman–Crippen LogP) is 3.50. The number of hydrogen-bond acceptors (Lipinski definition) is 1. The van der Waals surface area contributed by atoms with E-state index < -0.39 is 0 Å². The minimum atomic E-state index is 0.101. The van der Waals surface area contributed by atoms with Gasteiger partial charge in [0.05, 0.1) is 5.33 Å². The molecule has 13 heavy (non-hydrogen) atoms. The molecule has 1 rings (SSSR count). The molecule has 4 heteroatoms. The molecule has 1 aromatic carbocycles. The Morgan fingerprint density at radius 1 is 1.38 bits per heavy atom. The summed E-state index contributed by atoms with van der Waals surface area (Å²) in [5.41, 5.74) is 0.815. The second kappa shape index (κ2) is 4.99. The van der Waals surface area contributed by atoms with E-state index in [0.29, 0.717) is 21.8 Å². The highest BCUT2D eigenvalue weighted by molar-refractivity contribution is 9.09. The lowest BCUT2D eigenvalue weighted by Crippen LogP contribution is -2.03. The molecule has 0 heterocycles. The van der Waals surface area contributed by atoms with Crippen molar-refractivity contribution in [2.24, 2.45) is 0 Å². The number of Topliss-reactive ketones (excluding diaryl/α,β-unsaturated/α-hetero) is 1. The first-order chi connectivity index (χ1) is 6.13. The average Bonchev–Trinajstić information content (AvgIpc) is 2.09. The van der Waals surface area contributed by atoms with Gasteiger partial charge in [0.15, 0.2) is 0 Å². The number of rotatable bonds is 3. The van der Waals surface area contributed by atoms with E-state index in [0.717, 1.165) is 5.56 Å². The Kier molecular flexibility index (Phi) is 4.23. The fraction of sp³-hybridized carbons (Fsp3) is 0.222. The van der Waals surface area contributed by atoms with Gasteiger partial charge in [-0.25, -0.2) is 0 Å². The van der Waals surface area contributed by atoms with E-state index in [-0.39, 0.29) is 5.78 Å². The molecule has 0 N–H and O–H groups in total. The van der Waals surface area contributed by atoms with Crippen LogP contribution in [-0.4, -0.2) is 11.1 Å². The molecule has 0 fully saturated rings. The van der Waals surface area contributed by atoms with Gasteiger partial charge in [-0.05, 0) is 17.7 Å². The van der Waals surface area contributed by atoms with Crippen molar-refractivity contribution in [3.8, 4) is 0 Å². The average molecular weight is 282 g/mol. The van der Waals surface area contributed by atoms with Crippen LogP contribution in [0.2, 0.25) is 10.0 Å². The summed E-state index contributed by atoms with van der Waals surface area (Å²) >= 11 is 14.7. The van der Waals surface area contributed by atoms with Crippen molar-refractivity contribution in [1.82, 2.24) is 0 Å². The summed E-state index contributed by atoms with van der Waals surface area (Å²) in [4.78, 5) is 11.1. The van der Waals surface area contributed by atoms with Gasteiger partial charge in [-0.15, -0.1) is 0 Å². The smallest absolute Gasteiger partial charge is 0.147 e. The molecule has 0 aromatic heterocycles. The van der Waals surface area contributed by atoms with Gasteiger partial charge in [-0.3, -0.25) is 4.79 Å². The van der Waals surface area contributed by atoms with Crippen LogP contribution in [-0.2, 0) is 11.2 Å². The Labute approximate surface area is 95.2 Å². The molecular weight excluding hydrogens is 275 g/mol. The van der Waals surface area contributed by atoms with Gasteiger partial charge >= 0.3 is 0 Å². The van der Waals surface area contributed by atoms with Crippen molar-refractivity contribution in [3.63, 3.8) is 0 Å². The topological polar surface area (TPSA) is 17.1 Å². The zero-order valence-corrected chi connectivity index (χ0v) is 9.79. The van der Waals surface area contributed by atoms with Crippen LogP contribution in [0.4, 0.5) is 0 Å². The van der Waals surface area contributed by atoms with Gasteiger partial charge in [-0.1, -0.05) is 45.2 Å². The maximum absolute atomic E-state index is 11.1. The molecule has 0 spiro atoms. The predicted molar refractivity (Wildman–Crippen MR) is 59.0 cm³/mol. The fourth-order valence-corrected chi connectivity index (χ4v) is 1.60. The van der Waals surface area contributed by atoms with Gasteiger partial charge in [0.1, 0.15) is 5.78 Å². The molecular formula is C9H7BrCl2O. The zero-order chi connectivity index (χ0) is 9.84. The Bertz CT molecular complexity index is 325. The molecule has 0 radical (unpaired) electrons. The third kappa shape index (κ3) is 3.29. The third-order valence-corrected chi connectivity index (χ3v) is 2.76. The van der Waals surface area contributed by atoms with Gasteiger partial charge in [-0.2, -0.15) is 0 Å². The van der Waals surface area contributed by atoms with Crippen molar-refractivity contribution in [1.29, 1.82) is 0 Å². The van der Waals surface area contributed by atoms with Crippen molar-refractivity contribution >= 4 is 44.9 Å². The van der Waals surface area contributed by atoms with Crippen LogP contribution in [0.25, 0.3) is 0 Å². The maximum Gasteiger partial charge on any atom is 0.147 e. The number of halogens is 3. The molecule has 0 saturated carbocycles. The number of hydrogen-bond donors (Lipinski definition) is 0. The molecule has 0 aliphatic heterocycles. The Hall–Kier alpha value is -0.0500. The first kappa shape index (κ1) is 11.0. The Morgan fingerprint density at radius 3 is 2.62 bits per heavy atom. The van der Waals surface area contributed by atoms with E-state index >= 15 is 0 Å². The van der Waals surface area contributed by atoms with E-state index in [2.05, 4.69) is 15.9 Å². The summed E-state index contributed by atoms with van der Waals surface area (Å²) in [6.07, 6.45) is 0.348. The number of ketones is 1. The van der Waals surface area contributed by atoms with Crippen LogP contribution >= 0.6 is 39.1 Å². The second-order valence-electron chi connectivity index (χ2n) is 2.58. The molecule has 70 valence electrons. The van der Waals surface area contributed by atoms with E-state index in [1.807, 2.05) is 0 Å². The standard InChI is InChI=1S/C9H7BrCl2O/c10-5-8(13)3-6-1-2-7(11)4-9(6)12/h1-2,4H,3,5H2. The van der Waals surface area contributed by atoms with E-state index in [9.17, 15) is 4.79 Å². The summed E-state index contributed by atoms with van der Waals surface area (Å²) in [5.74, 6) is 0.101. The lowest BCUT2D eigenvalue weighted by atomic mass is 10.1. The maximum atomic E-state index is 11.1. The van der Waals surface area contributed by atoms with Gasteiger partial charge in [0.2, 0.25) is 0 Å². The summed E-state index contributed by atoms with van der Waals surface area (Å²) in [6.45, 7) is 0. The summed E-state index contributed by atoms with van der Waals surface area (Å²) in [6, 6.07) is 5.13. The second-order valence-corrected chi connectivity index (χ2v) is 3.99. The first-order valence-corrected chi connectivity index (χ1v) is 5.53. The largest absolute Gasteiger partial charge is 0.298 e. The van der Waals surface area contributed by atoms with Crippen molar-refractivity contribution in [2.75, 3.05) is 5.33 Å². The van der Waals surface area contributed by atoms with Gasteiger partial charge in [0.25, 0.3) is 0 Å². The molecule has 0 unspecified atom stereocenters. The number of carbonyl (C=O) groups excluding carboxylic acids is 1. The highest BCUT2D eigenvalue weighted by Gasteiger charge is 2.05. The SMILES string of the molecule is O=C(CBr)Cc1ccc(Cl)cc1Cl. The summed E-state index contributed by atoms with van der Waals surface area (Å²) in [7, 11) is 0. The summed E-state index contributed by atoms with van der Waals surface area (Å²) < 4.78 is 0. The van der Waals surface area contributed by atoms with E-state index in [1.54, 1.807) is 18.2 Å². The third-order valence-electron chi connectivity index (χ3n) is 1.55. The monoisotopic (exact) mass is 280 g/mol. The van der Waals surface area contributed by atoms with E-state index in [4.69, 9.17) is 23.2 Å². The van der Waals surface area contributed by atoms with Crippen molar-refractivity contribution in [3.05, 3.63) is 33.8 Å². The van der Waals surface area contributed by atoms with Gasteiger partial charge in [0, 0.05) is 16.5 Å². The zero-order valence-electron chi connectivity index (χ0n) is 6.69. The van der Waals surface area contributed by atoms with Crippen LogP contribution in [0.15, 0.2) is 18.2 Å². The molecule has 1 nitrogen and oxygen atoms in total. The number of benzene rings is 1. The Balaban J connectivity index is 2.83. The lowest BCUT2D eigenvalue weighted by Gasteiger charge is -2.01.